The Morgan fingerprint density at radius 1 is 1.48 bits per heavy atom. The molecule has 2 aromatic rings. The summed E-state index contributed by atoms with van der Waals surface area (Å²) in [6, 6.07) is 9.89. The number of pyridine rings is 1. The van der Waals surface area contributed by atoms with Gasteiger partial charge in [-0.25, -0.2) is 4.98 Å². The first kappa shape index (κ1) is 15.1. The molecule has 0 bridgehead atoms. The summed E-state index contributed by atoms with van der Waals surface area (Å²) >= 11 is 0. The number of nitrogens with two attached hydrogens (primary N) is 1. The number of ether oxygens (including phenoxy) is 1. The number of rotatable bonds is 4. The third-order valence-corrected chi connectivity index (χ3v) is 3.85. The molecule has 1 aromatic heterocycles. The molecule has 3 N–H and O–H groups in total. The summed E-state index contributed by atoms with van der Waals surface area (Å²) in [6.07, 6.45) is 2.51. The molecule has 0 atom stereocenters. The summed E-state index contributed by atoms with van der Waals surface area (Å²) in [6.45, 7) is 5.64. The number of aromatic nitrogens is 1. The van der Waals surface area contributed by atoms with Gasteiger partial charge in [-0.15, -0.1) is 0 Å². The van der Waals surface area contributed by atoms with Crippen LogP contribution in [0.15, 0.2) is 36.9 Å². The summed E-state index contributed by atoms with van der Waals surface area (Å²) in [4.78, 5) is 4.41. The molecule has 1 aliphatic rings. The van der Waals surface area contributed by atoms with E-state index >= 15 is 0 Å². The van der Waals surface area contributed by atoms with Crippen LogP contribution in [0.4, 0.5) is 5.82 Å². The van der Waals surface area contributed by atoms with Crippen LogP contribution < -0.4 is 15.8 Å². The number of nitriles is 1. The minimum atomic E-state index is 0.292. The maximum absolute atomic E-state index is 9.54. The van der Waals surface area contributed by atoms with E-state index in [0.29, 0.717) is 24.5 Å². The second kappa shape index (κ2) is 6.51. The normalized spacial score (nSPS) is 13.0. The van der Waals surface area contributed by atoms with E-state index in [0.717, 1.165) is 41.1 Å². The van der Waals surface area contributed by atoms with Crippen LogP contribution in [0, 0.1) is 11.3 Å². The van der Waals surface area contributed by atoms with E-state index in [9.17, 15) is 5.26 Å². The number of nitrogen functional groups attached to an aromatic ring is 1. The van der Waals surface area contributed by atoms with Crippen LogP contribution in [0.5, 0.6) is 5.75 Å². The molecule has 5 heteroatoms. The zero-order valence-electron chi connectivity index (χ0n) is 12.8. The van der Waals surface area contributed by atoms with Crippen molar-refractivity contribution in [2.75, 3.05) is 18.9 Å². The van der Waals surface area contributed by atoms with Crippen LogP contribution in [0.25, 0.3) is 11.1 Å². The summed E-state index contributed by atoms with van der Waals surface area (Å²) in [5, 5.41) is 12.9. The highest BCUT2D eigenvalue weighted by molar-refractivity contribution is 5.80. The van der Waals surface area contributed by atoms with Gasteiger partial charge >= 0.3 is 0 Å². The van der Waals surface area contributed by atoms with E-state index in [1.165, 1.54) is 0 Å². The predicted octanol–water partition coefficient (Wildman–Crippen LogP) is 2.41. The topological polar surface area (TPSA) is 84.0 Å². The van der Waals surface area contributed by atoms with Crippen LogP contribution in [0.2, 0.25) is 0 Å². The lowest BCUT2D eigenvalue weighted by molar-refractivity contribution is 0.363. The maximum atomic E-state index is 9.54. The molecule has 0 spiro atoms. The molecule has 1 aromatic carbocycles. The molecule has 23 heavy (non-hydrogen) atoms. The molecule has 5 nitrogen and oxygen atoms in total. The highest BCUT2D eigenvalue weighted by atomic mass is 16.5. The number of anilines is 1. The quantitative estimate of drug-likeness (QED) is 0.847. The van der Waals surface area contributed by atoms with Gasteiger partial charge in [0.1, 0.15) is 29.8 Å². The smallest absolute Gasteiger partial charge is 0.142 e. The summed E-state index contributed by atoms with van der Waals surface area (Å²) in [7, 11) is 0. The minimum absolute atomic E-state index is 0.292. The molecule has 0 saturated heterocycles. The second-order valence-electron chi connectivity index (χ2n) is 5.34. The summed E-state index contributed by atoms with van der Waals surface area (Å²) in [5.74, 6) is 1.03. The van der Waals surface area contributed by atoms with E-state index in [1.807, 2.05) is 24.3 Å². The van der Waals surface area contributed by atoms with Crippen LogP contribution in [0.3, 0.4) is 0 Å². The maximum Gasteiger partial charge on any atom is 0.142 e. The fourth-order valence-corrected chi connectivity index (χ4v) is 2.84. The van der Waals surface area contributed by atoms with E-state index in [1.54, 1.807) is 6.08 Å². The Kier molecular flexibility index (Phi) is 4.26. The van der Waals surface area contributed by atoms with Crippen molar-refractivity contribution in [3.05, 3.63) is 53.7 Å². The van der Waals surface area contributed by atoms with Crippen molar-refractivity contribution in [2.45, 2.75) is 13.0 Å². The third-order valence-electron chi connectivity index (χ3n) is 3.85. The summed E-state index contributed by atoms with van der Waals surface area (Å²) < 4.78 is 5.60. The van der Waals surface area contributed by atoms with Gasteiger partial charge in [0.15, 0.2) is 0 Å². The Morgan fingerprint density at radius 3 is 3.13 bits per heavy atom. The number of hydrogen-bond acceptors (Lipinski definition) is 5. The Hall–Kier alpha value is -2.84. The number of fused-ring (bicyclic) bond motifs is 1. The average molecular weight is 306 g/mol. The van der Waals surface area contributed by atoms with Gasteiger partial charge in [0.25, 0.3) is 0 Å². The zero-order chi connectivity index (χ0) is 16.2. The lowest BCUT2D eigenvalue weighted by Crippen LogP contribution is -2.26. The van der Waals surface area contributed by atoms with Crippen molar-refractivity contribution < 1.29 is 4.74 Å². The molecule has 0 amide bonds. The zero-order valence-corrected chi connectivity index (χ0v) is 12.8. The van der Waals surface area contributed by atoms with Gasteiger partial charge in [-0.1, -0.05) is 24.8 Å². The largest absolute Gasteiger partial charge is 0.490 e. The van der Waals surface area contributed by atoms with E-state index in [4.69, 9.17) is 10.5 Å². The predicted molar refractivity (Wildman–Crippen MR) is 89.9 cm³/mol. The molecule has 0 fully saturated rings. The highest BCUT2D eigenvalue weighted by Gasteiger charge is 2.21. The highest BCUT2D eigenvalue weighted by Crippen LogP contribution is 2.34. The van der Waals surface area contributed by atoms with Gasteiger partial charge < -0.3 is 15.8 Å². The van der Waals surface area contributed by atoms with Gasteiger partial charge in [-0.3, -0.25) is 0 Å². The van der Waals surface area contributed by atoms with E-state index in [2.05, 4.69) is 22.9 Å². The fraction of sp³-hybridized carbons (Fsp3) is 0.222. The van der Waals surface area contributed by atoms with Gasteiger partial charge in [0.2, 0.25) is 0 Å². The van der Waals surface area contributed by atoms with Crippen molar-refractivity contribution in [1.82, 2.24) is 10.3 Å². The molecule has 0 unspecified atom stereocenters. The number of benzene rings is 1. The molecule has 3 rings (SSSR count). The first-order valence-electron chi connectivity index (χ1n) is 7.50. The molecule has 2 heterocycles. The average Bonchev–Trinajstić information content (AvgIpc) is 2.59. The number of hydrogen-bond donors (Lipinski definition) is 2. The second-order valence-corrected chi connectivity index (χ2v) is 5.34. The molecular weight excluding hydrogens is 288 g/mol. The Labute approximate surface area is 135 Å². The van der Waals surface area contributed by atoms with Crippen molar-refractivity contribution in [2.24, 2.45) is 0 Å². The van der Waals surface area contributed by atoms with Gasteiger partial charge in [-0.05, 0) is 23.3 Å². The lowest BCUT2D eigenvalue weighted by atomic mass is 9.91. The van der Waals surface area contributed by atoms with E-state index in [-0.39, 0.29) is 0 Å². The minimum Gasteiger partial charge on any atom is -0.490 e. The van der Waals surface area contributed by atoms with Crippen molar-refractivity contribution in [3.8, 4) is 22.9 Å². The monoisotopic (exact) mass is 306 g/mol. The third kappa shape index (κ3) is 2.89. The first-order chi connectivity index (χ1) is 11.2. The number of nitrogens with zero attached hydrogens (tertiary/aromatic N) is 2. The SMILES string of the molecule is C=CCOc1cccc(-c2c(C#N)c(N)nc3c2CNCC3)c1. The molecule has 0 saturated carbocycles. The van der Waals surface area contributed by atoms with Crippen molar-refractivity contribution in [3.63, 3.8) is 0 Å². The van der Waals surface area contributed by atoms with Crippen LogP contribution in [0.1, 0.15) is 16.8 Å². The fourth-order valence-electron chi connectivity index (χ4n) is 2.84. The molecule has 116 valence electrons. The standard InChI is InChI=1S/C18H18N4O/c1-2-8-23-13-5-3-4-12(9-13)17-14(10-19)18(20)22-16-6-7-21-11-15(16)17/h2-5,9,21H,1,6-8,11H2,(H2,20,22). The van der Waals surface area contributed by atoms with Crippen LogP contribution in [-0.4, -0.2) is 18.1 Å². The molecule has 1 aliphatic heterocycles. The molecular formula is C18H18N4O. The van der Waals surface area contributed by atoms with Crippen LogP contribution in [-0.2, 0) is 13.0 Å². The van der Waals surface area contributed by atoms with Crippen molar-refractivity contribution >= 4 is 5.82 Å². The van der Waals surface area contributed by atoms with Crippen molar-refractivity contribution in [1.29, 1.82) is 5.26 Å². The van der Waals surface area contributed by atoms with Gasteiger partial charge in [0.05, 0.1) is 0 Å². The van der Waals surface area contributed by atoms with Gasteiger partial charge in [-0.2, -0.15) is 5.26 Å². The lowest BCUT2D eigenvalue weighted by Gasteiger charge is -2.22. The Balaban J connectivity index is 2.17. The Bertz CT molecular complexity index is 792. The molecule has 0 aliphatic carbocycles. The first-order valence-corrected chi connectivity index (χ1v) is 7.50. The molecule has 0 radical (unpaired) electrons. The van der Waals surface area contributed by atoms with Crippen LogP contribution >= 0.6 is 0 Å². The van der Waals surface area contributed by atoms with Gasteiger partial charge in [0, 0.05) is 30.8 Å². The van der Waals surface area contributed by atoms with E-state index < -0.39 is 0 Å². The number of nitrogens with one attached hydrogen (secondary N) is 1. The summed E-state index contributed by atoms with van der Waals surface area (Å²) in [5.41, 5.74) is 10.2. The Morgan fingerprint density at radius 2 is 2.35 bits per heavy atom.